The Morgan fingerprint density at radius 3 is 2.26 bits per heavy atom. The van der Waals surface area contributed by atoms with Crippen LogP contribution in [-0.2, 0) is 14.3 Å². The lowest BCUT2D eigenvalue weighted by molar-refractivity contribution is -0.149. The monoisotopic (exact) mass is 480 g/mol. The van der Waals surface area contributed by atoms with Crippen molar-refractivity contribution in [3.8, 4) is 11.1 Å². The number of rotatable bonds is 8. The van der Waals surface area contributed by atoms with Crippen LogP contribution in [0, 0.1) is 5.92 Å². The van der Waals surface area contributed by atoms with E-state index in [0.29, 0.717) is 6.42 Å². The zero-order valence-corrected chi connectivity index (χ0v) is 20.0. The van der Waals surface area contributed by atoms with Crippen molar-refractivity contribution in [1.29, 1.82) is 0 Å². The largest absolute Gasteiger partial charge is 0.480 e. The zero-order chi connectivity index (χ0) is 25.1. The summed E-state index contributed by atoms with van der Waals surface area (Å²) in [5.74, 6) is -1.67. The second-order valence-corrected chi connectivity index (χ2v) is 9.51. The van der Waals surface area contributed by atoms with E-state index in [1.165, 1.54) is 0 Å². The third-order valence-electron chi connectivity index (χ3n) is 7.12. The number of nitrogens with zero attached hydrogens (tertiary/aromatic N) is 1. The number of aliphatic hydroxyl groups excluding tert-OH is 1. The highest BCUT2D eigenvalue weighted by Gasteiger charge is 2.42. The van der Waals surface area contributed by atoms with Crippen LogP contribution in [0.3, 0.4) is 0 Å². The third-order valence-corrected chi connectivity index (χ3v) is 7.12. The van der Waals surface area contributed by atoms with Crippen LogP contribution < -0.4 is 5.32 Å². The van der Waals surface area contributed by atoms with E-state index in [9.17, 15) is 24.6 Å². The fourth-order valence-corrected chi connectivity index (χ4v) is 5.06. The normalized spacial score (nSPS) is 20.6. The van der Waals surface area contributed by atoms with E-state index in [4.69, 9.17) is 4.74 Å². The summed E-state index contributed by atoms with van der Waals surface area (Å²) in [4.78, 5) is 38.9. The minimum absolute atomic E-state index is 0.0257. The van der Waals surface area contributed by atoms with Gasteiger partial charge in [-0.05, 0) is 34.6 Å². The van der Waals surface area contributed by atoms with Crippen molar-refractivity contribution in [2.24, 2.45) is 5.92 Å². The zero-order valence-electron chi connectivity index (χ0n) is 20.0. The van der Waals surface area contributed by atoms with Gasteiger partial charge in [0.2, 0.25) is 5.91 Å². The minimum atomic E-state index is -1.17. The topological polar surface area (TPSA) is 116 Å². The molecule has 0 spiro atoms. The molecule has 2 aromatic rings. The lowest BCUT2D eigenvalue weighted by Crippen LogP contribution is -2.52. The van der Waals surface area contributed by atoms with Crippen LogP contribution in [0.1, 0.15) is 50.2 Å². The molecule has 1 heterocycles. The number of likely N-dealkylation sites (tertiary alicyclic amines) is 1. The van der Waals surface area contributed by atoms with E-state index in [2.05, 4.69) is 17.4 Å². The van der Waals surface area contributed by atoms with Crippen molar-refractivity contribution in [2.75, 3.05) is 13.2 Å². The Hall–Kier alpha value is -3.39. The first-order valence-electron chi connectivity index (χ1n) is 12.1. The molecule has 1 saturated heterocycles. The van der Waals surface area contributed by atoms with Crippen molar-refractivity contribution < 1.29 is 29.3 Å². The second-order valence-electron chi connectivity index (χ2n) is 9.51. The predicted octanol–water partition coefficient (Wildman–Crippen LogP) is 3.38. The highest BCUT2D eigenvalue weighted by molar-refractivity contribution is 5.90. The van der Waals surface area contributed by atoms with Gasteiger partial charge in [0.15, 0.2) is 0 Å². The maximum atomic E-state index is 13.3. The van der Waals surface area contributed by atoms with E-state index in [-0.39, 0.29) is 31.4 Å². The summed E-state index contributed by atoms with van der Waals surface area (Å²) in [6, 6.07) is 14.0. The number of ether oxygens (including phenoxy) is 1. The first-order valence-corrected chi connectivity index (χ1v) is 12.1. The van der Waals surface area contributed by atoms with Gasteiger partial charge in [-0.1, -0.05) is 68.8 Å². The minimum Gasteiger partial charge on any atom is -0.480 e. The molecule has 1 aliphatic heterocycles. The standard InChI is InChI=1S/C27H32N2O6/c1-3-16(2)12-23(25(31)29-14-17(30)13-24(29)26(32)33)28-27(34)35-15-22-20-10-6-4-8-18(20)19-9-5-7-11-21(19)22/h4-11,16-17,22-24,30H,3,12-15H2,1-2H3,(H,28,34)(H,32,33)/t16?,17-,23?,24+/m1/s1. The maximum absolute atomic E-state index is 13.3. The molecular formula is C27H32N2O6. The second kappa shape index (κ2) is 10.5. The smallest absolute Gasteiger partial charge is 0.407 e. The molecule has 2 unspecified atom stereocenters. The summed E-state index contributed by atoms with van der Waals surface area (Å²) in [6.07, 6.45) is -0.513. The number of carbonyl (C=O) groups excluding carboxylic acids is 2. The van der Waals surface area contributed by atoms with Crippen LogP contribution in [-0.4, -0.2) is 64.4 Å². The molecule has 0 bridgehead atoms. The van der Waals surface area contributed by atoms with E-state index in [1.807, 2.05) is 50.2 Å². The molecule has 3 N–H and O–H groups in total. The molecular weight excluding hydrogens is 448 g/mol. The Kier molecular flexibility index (Phi) is 7.40. The maximum Gasteiger partial charge on any atom is 0.407 e. The van der Waals surface area contributed by atoms with Crippen molar-refractivity contribution in [2.45, 2.75) is 57.2 Å². The van der Waals surface area contributed by atoms with Gasteiger partial charge in [0.25, 0.3) is 0 Å². The number of β-amino-alcohol motifs (C(OH)–C–C–N with tert-alkyl or cyclic N) is 1. The molecule has 8 heteroatoms. The van der Waals surface area contributed by atoms with E-state index < -0.39 is 36.2 Å². The number of carboxylic acids is 1. The first-order chi connectivity index (χ1) is 16.8. The molecule has 2 amide bonds. The number of fused-ring (bicyclic) bond motifs is 3. The number of amides is 2. The fraction of sp³-hybridized carbons (Fsp3) is 0.444. The third kappa shape index (κ3) is 5.17. The Morgan fingerprint density at radius 1 is 1.09 bits per heavy atom. The highest BCUT2D eigenvalue weighted by atomic mass is 16.5. The molecule has 4 rings (SSSR count). The van der Waals surface area contributed by atoms with Crippen LogP contribution in [0.2, 0.25) is 0 Å². The van der Waals surface area contributed by atoms with Crippen LogP contribution >= 0.6 is 0 Å². The lowest BCUT2D eigenvalue weighted by atomic mass is 9.98. The summed E-state index contributed by atoms with van der Waals surface area (Å²) in [7, 11) is 0. The number of nitrogens with one attached hydrogen (secondary N) is 1. The van der Waals surface area contributed by atoms with Gasteiger partial charge < -0.3 is 25.2 Å². The van der Waals surface area contributed by atoms with Crippen LogP contribution in [0.4, 0.5) is 4.79 Å². The van der Waals surface area contributed by atoms with Crippen molar-refractivity contribution in [3.05, 3.63) is 59.7 Å². The molecule has 0 radical (unpaired) electrons. The number of hydrogen-bond donors (Lipinski definition) is 3. The van der Waals surface area contributed by atoms with Crippen molar-refractivity contribution in [1.82, 2.24) is 10.2 Å². The summed E-state index contributed by atoms with van der Waals surface area (Å²) >= 11 is 0. The van der Waals surface area contributed by atoms with Crippen LogP contribution in [0.5, 0.6) is 0 Å². The van der Waals surface area contributed by atoms with Crippen LogP contribution in [0.25, 0.3) is 11.1 Å². The number of hydrogen-bond acceptors (Lipinski definition) is 5. The molecule has 0 saturated carbocycles. The van der Waals surface area contributed by atoms with Gasteiger partial charge >= 0.3 is 12.1 Å². The number of aliphatic carboxylic acids is 1. The SMILES string of the molecule is CCC(C)CC(NC(=O)OCC1c2ccccc2-c2ccccc21)C(=O)N1C[C@H](O)C[C@H]1C(=O)O. The van der Waals surface area contributed by atoms with Gasteiger partial charge in [0.05, 0.1) is 6.10 Å². The summed E-state index contributed by atoms with van der Waals surface area (Å²) in [5.41, 5.74) is 4.41. The van der Waals surface area contributed by atoms with Crippen molar-refractivity contribution >= 4 is 18.0 Å². The predicted molar refractivity (Wildman–Crippen MR) is 130 cm³/mol. The van der Waals surface area contributed by atoms with Crippen LogP contribution in [0.15, 0.2) is 48.5 Å². The number of aliphatic hydroxyl groups is 1. The Bertz CT molecular complexity index is 1060. The molecule has 2 aliphatic rings. The molecule has 0 aromatic heterocycles. The van der Waals surface area contributed by atoms with Gasteiger partial charge in [0, 0.05) is 18.9 Å². The lowest BCUT2D eigenvalue weighted by Gasteiger charge is -2.28. The molecule has 1 fully saturated rings. The summed E-state index contributed by atoms with van der Waals surface area (Å²) < 4.78 is 5.61. The Balaban J connectivity index is 1.46. The summed E-state index contributed by atoms with van der Waals surface area (Å²) in [5, 5.41) is 22.1. The van der Waals surface area contributed by atoms with E-state index >= 15 is 0 Å². The quantitative estimate of drug-likeness (QED) is 0.534. The molecule has 8 nitrogen and oxygen atoms in total. The first kappa shape index (κ1) is 24.7. The van der Waals surface area contributed by atoms with E-state index in [0.717, 1.165) is 33.6 Å². The number of benzene rings is 2. The Morgan fingerprint density at radius 2 is 1.69 bits per heavy atom. The number of carbonyl (C=O) groups is 3. The average Bonchev–Trinajstić information content (AvgIpc) is 3.40. The van der Waals surface area contributed by atoms with Gasteiger partial charge in [-0.15, -0.1) is 0 Å². The molecule has 35 heavy (non-hydrogen) atoms. The average molecular weight is 481 g/mol. The van der Waals surface area contributed by atoms with Gasteiger partial charge in [0.1, 0.15) is 18.7 Å². The molecule has 4 atom stereocenters. The fourth-order valence-electron chi connectivity index (χ4n) is 5.06. The van der Waals surface area contributed by atoms with E-state index in [1.54, 1.807) is 0 Å². The van der Waals surface area contributed by atoms with Gasteiger partial charge in [-0.2, -0.15) is 0 Å². The molecule has 1 aliphatic carbocycles. The van der Waals surface area contributed by atoms with Gasteiger partial charge in [-0.25, -0.2) is 9.59 Å². The number of carboxylic acid groups (broad SMARTS) is 1. The number of alkyl carbamates (subject to hydrolysis) is 1. The molecule has 186 valence electrons. The highest BCUT2D eigenvalue weighted by Crippen LogP contribution is 2.44. The molecule has 2 aromatic carbocycles. The Labute approximate surface area is 204 Å². The van der Waals surface area contributed by atoms with Crippen molar-refractivity contribution in [3.63, 3.8) is 0 Å². The summed E-state index contributed by atoms with van der Waals surface area (Å²) in [6.45, 7) is 4.00. The van der Waals surface area contributed by atoms with Gasteiger partial charge in [-0.3, -0.25) is 4.79 Å².